The number of rotatable bonds is 53. The van der Waals surface area contributed by atoms with Crippen LogP contribution in [0, 0.1) is 0 Å². The molecule has 0 saturated carbocycles. The minimum atomic E-state index is -0.926. The first-order valence-electron chi connectivity index (χ1n) is 28.5. The molecule has 0 bridgehead atoms. The van der Waals surface area contributed by atoms with Crippen LogP contribution in [0.4, 0.5) is 0 Å². The molecule has 3 unspecified atom stereocenters. The number of nitrogens with one attached hydrogen (secondary N) is 1. The van der Waals surface area contributed by atoms with Crippen molar-refractivity contribution in [1.82, 2.24) is 5.32 Å². The van der Waals surface area contributed by atoms with E-state index in [4.69, 9.17) is 0 Å². The Kier molecular flexibility index (Phi) is 51.9. The van der Waals surface area contributed by atoms with Crippen LogP contribution < -0.4 is 5.32 Å². The third-order valence-electron chi connectivity index (χ3n) is 13.6. The number of aliphatic hydroxyl groups excluding tert-OH is 3. The number of carbonyl (C=O) groups excluding carboxylic acids is 1. The number of unbranched alkanes of at least 4 members (excludes halogenated alkanes) is 44. The van der Waals surface area contributed by atoms with Crippen LogP contribution in [0.1, 0.15) is 322 Å². The summed E-state index contributed by atoms with van der Waals surface area (Å²) >= 11 is 0. The predicted molar refractivity (Wildman–Crippen MR) is 273 cm³/mol. The average molecular weight is 877 g/mol. The Morgan fingerprint density at radius 2 is 0.661 bits per heavy atom. The van der Waals surface area contributed by atoms with Crippen molar-refractivity contribution in [2.75, 3.05) is 6.61 Å². The third-order valence-corrected chi connectivity index (χ3v) is 13.6. The lowest BCUT2D eigenvalue weighted by atomic mass is 10.0. The summed E-state index contributed by atoms with van der Waals surface area (Å²) in [4.78, 5) is 12.5. The molecule has 0 spiro atoms. The van der Waals surface area contributed by atoms with Crippen molar-refractivity contribution in [3.05, 3.63) is 12.2 Å². The van der Waals surface area contributed by atoms with E-state index in [0.717, 1.165) is 25.7 Å². The molecule has 0 fully saturated rings. The lowest BCUT2D eigenvalue weighted by Crippen LogP contribution is -2.45. The Balaban J connectivity index is 3.52. The summed E-state index contributed by atoms with van der Waals surface area (Å²) in [5.74, 6) is -0.308. The van der Waals surface area contributed by atoms with Crippen LogP contribution in [0.25, 0.3) is 0 Å². The van der Waals surface area contributed by atoms with E-state index in [1.54, 1.807) is 6.08 Å². The zero-order chi connectivity index (χ0) is 45.1. The Labute approximate surface area is 389 Å². The zero-order valence-corrected chi connectivity index (χ0v) is 42.3. The van der Waals surface area contributed by atoms with Gasteiger partial charge in [-0.3, -0.25) is 4.79 Å². The molecule has 3 atom stereocenters. The van der Waals surface area contributed by atoms with Crippen LogP contribution in [0.2, 0.25) is 0 Å². The monoisotopic (exact) mass is 876 g/mol. The van der Waals surface area contributed by atoms with E-state index in [1.165, 1.54) is 270 Å². The molecule has 5 heteroatoms. The molecule has 0 aromatic carbocycles. The highest BCUT2D eigenvalue weighted by atomic mass is 16.3. The molecule has 0 aliphatic rings. The maximum Gasteiger partial charge on any atom is 0.222 e. The largest absolute Gasteiger partial charge is 0.394 e. The van der Waals surface area contributed by atoms with Crippen LogP contribution >= 0.6 is 0 Å². The van der Waals surface area contributed by atoms with E-state index in [0.29, 0.717) is 6.42 Å². The SMILES string of the molecule is CCCCCCCCCCCCCCCCCCCC/C=C/C(O)C(CO)NC(=O)CC(O)CCCCCCCCCCCCCCCCCCCCCCCCCCCCC. The number of aliphatic hydroxyl groups is 3. The molecular formula is C57H113NO4. The number of hydrogen-bond donors (Lipinski definition) is 4. The van der Waals surface area contributed by atoms with Gasteiger partial charge < -0.3 is 20.6 Å². The van der Waals surface area contributed by atoms with Crippen molar-refractivity contribution < 1.29 is 20.1 Å². The number of carbonyl (C=O) groups is 1. The maximum atomic E-state index is 12.5. The molecular weight excluding hydrogens is 763 g/mol. The predicted octanol–water partition coefficient (Wildman–Crippen LogP) is 17.5. The Bertz CT molecular complexity index is 879. The van der Waals surface area contributed by atoms with Crippen molar-refractivity contribution in [2.24, 2.45) is 0 Å². The molecule has 5 nitrogen and oxygen atoms in total. The average Bonchev–Trinajstić information content (AvgIpc) is 3.27. The van der Waals surface area contributed by atoms with Crippen LogP contribution in [-0.2, 0) is 4.79 Å². The molecule has 62 heavy (non-hydrogen) atoms. The first-order valence-corrected chi connectivity index (χ1v) is 28.5. The number of allylic oxidation sites excluding steroid dienone is 1. The van der Waals surface area contributed by atoms with Gasteiger partial charge in [-0.25, -0.2) is 0 Å². The van der Waals surface area contributed by atoms with Gasteiger partial charge in [0.25, 0.3) is 0 Å². The van der Waals surface area contributed by atoms with Gasteiger partial charge in [0.2, 0.25) is 5.91 Å². The van der Waals surface area contributed by atoms with Gasteiger partial charge in [-0.15, -0.1) is 0 Å². The van der Waals surface area contributed by atoms with Gasteiger partial charge in [-0.2, -0.15) is 0 Å². The van der Waals surface area contributed by atoms with Crippen LogP contribution in [0.15, 0.2) is 12.2 Å². The molecule has 0 aliphatic heterocycles. The smallest absolute Gasteiger partial charge is 0.222 e. The van der Waals surface area contributed by atoms with Gasteiger partial charge in [0.05, 0.1) is 31.3 Å². The van der Waals surface area contributed by atoms with Gasteiger partial charge in [0.15, 0.2) is 0 Å². The van der Waals surface area contributed by atoms with Crippen molar-refractivity contribution in [2.45, 2.75) is 340 Å². The van der Waals surface area contributed by atoms with Gasteiger partial charge >= 0.3 is 0 Å². The van der Waals surface area contributed by atoms with Crippen LogP contribution in [0.5, 0.6) is 0 Å². The maximum absolute atomic E-state index is 12.5. The molecule has 0 aliphatic carbocycles. The first kappa shape index (κ1) is 61.1. The molecule has 0 rings (SSSR count). The molecule has 0 aromatic rings. The van der Waals surface area contributed by atoms with Crippen molar-refractivity contribution in [3.63, 3.8) is 0 Å². The van der Waals surface area contributed by atoms with Crippen molar-refractivity contribution >= 4 is 5.91 Å². The van der Waals surface area contributed by atoms with E-state index in [9.17, 15) is 20.1 Å². The standard InChI is InChI=1S/C57H113NO4/c1-3-5-7-9-11-13-15-17-19-21-23-25-26-27-28-29-30-31-32-34-36-38-40-42-44-46-48-50-54(60)52-57(62)58-55(53-59)56(61)51-49-47-45-43-41-39-37-35-33-24-22-20-18-16-14-12-10-8-6-4-2/h49,51,54-56,59-61H,3-48,50,52-53H2,1-2H3,(H,58,62)/b51-49+. The lowest BCUT2D eigenvalue weighted by Gasteiger charge is -2.21. The Morgan fingerprint density at radius 1 is 0.403 bits per heavy atom. The Morgan fingerprint density at radius 3 is 0.935 bits per heavy atom. The summed E-state index contributed by atoms with van der Waals surface area (Å²) in [6.45, 7) is 4.26. The van der Waals surface area contributed by atoms with Crippen molar-refractivity contribution in [3.8, 4) is 0 Å². The van der Waals surface area contributed by atoms with E-state index in [1.807, 2.05) is 6.08 Å². The molecule has 0 radical (unpaired) electrons. The fourth-order valence-corrected chi connectivity index (χ4v) is 9.23. The summed E-state index contributed by atoms with van der Waals surface area (Å²) in [7, 11) is 0. The fraction of sp³-hybridized carbons (Fsp3) is 0.947. The highest BCUT2D eigenvalue weighted by Gasteiger charge is 2.20. The molecule has 370 valence electrons. The quantitative estimate of drug-likeness (QED) is 0.0362. The topological polar surface area (TPSA) is 89.8 Å². The molecule has 4 N–H and O–H groups in total. The normalized spacial score (nSPS) is 13.3. The summed E-state index contributed by atoms with van der Waals surface area (Å²) in [5, 5.41) is 33.5. The van der Waals surface area contributed by atoms with E-state index in [-0.39, 0.29) is 18.9 Å². The summed E-state index contributed by atoms with van der Waals surface area (Å²) in [5.41, 5.74) is 0. The first-order chi connectivity index (χ1) is 30.5. The summed E-state index contributed by atoms with van der Waals surface area (Å²) in [6.07, 6.45) is 65.5. The lowest BCUT2D eigenvalue weighted by molar-refractivity contribution is -0.124. The Hall–Kier alpha value is -0.910. The minimum absolute atomic E-state index is 0.0196. The van der Waals surface area contributed by atoms with Gasteiger partial charge in [0.1, 0.15) is 0 Å². The third kappa shape index (κ3) is 48.5. The van der Waals surface area contributed by atoms with Crippen LogP contribution in [0.3, 0.4) is 0 Å². The van der Waals surface area contributed by atoms with E-state index in [2.05, 4.69) is 19.2 Å². The fourth-order valence-electron chi connectivity index (χ4n) is 9.23. The van der Waals surface area contributed by atoms with Gasteiger partial charge in [-0.05, 0) is 19.3 Å². The van der Waals surface area contributed by atoms with E-state index < -0.39 is 18.2 Å². The summed E-state index contributed by atoms with van der Waals surface area (Å²) < 4.78 is 0. The second-order valence-corrected chi connectivity index (χ2v) is 19.9. The highest BCUT2D eigenvalue weighted by Crippen LogP contribution is 2.18. The minimum Gasteiger partial charge on any atom is -0.394 e. The van der Waals surface area contributed by atoms with Gasteiger partial charge in [-0.1, -0.05) is 309 Å². The molecule has 1 amide bonds. The van der Waals surface area contributed by atoms with Gasteiger partial charge in [0, 0.05) is 0 Å². The zero-order valence-electron chi connectivity index (χ0n) is 42.3. The van der Waals surface area contributed by atoms with Crippen molar-refractivity contribution in [1.29, 1.82) is 0 Å². The van der Waals surface area contributed by atoms with E-state index >= 15 is 0 Å². The second kappa shape index (κ2) is 52.7. The molecule has 0 heterocycles. The summed E-state index contributed by atoms with van der Waals surface area (Å²) in [6, 6.07) is -0.741. The number of hydrogen-bond acceptors (Lipinski definition) is 4. The highest BCUT2D eigenvalue weighted by molar-refractivity contribution is 5.76. The molecule has 0 aromatic heterocycles. The van der Waals surface area contributed by atoms with Crippen LogP contribution in [-0.4, -0.2) is 46.1 Å². The molecule has 0 saturated heterocycles. The second-order valence-electron chi connectivity index (χ2n) is 19.9. The number of amides is 1.